The van der Waals surface area contributed by atoms with E-state index in [4.69, 9.17) is 4.74 Å². The summed E-state index contributed by atoms with van der Waals surface area (Å²) in [7, 11) is -2.15. The Bertz CT molecular complexity index is 1210. The molecule has 1 unspecified atom stereocenters. The number of nitrogens with zero attached hydrogens (tertiary/aromatic N) is 1. The molecule has 6 nitrogen and oxygen atoms in total. The molecule has 0 spiro atoms. The van der Waals surface area contributed by atoms with E-state index in [1.165, 1.54) is 12.0 Å². The highest BCUT2D eigenvalue weighted by Crippen LogP contribution is 2.33. The maximum atomic E-state index is 13.9. The number of sulfone groups is 1. The van der Waals surface area contributed by atoms with Crippen LogP contribution in [0.15, 0.2) is 91.0 Å². The first-order chi connectivity index (χ1) is 16.9. The third kappa shape index (κ3) is 5.98. The highest BCUT2D eigenvalue weighted by atomic mass is 32.2. The molecule has 0 aromatic heterocycles. The number of rotatable bonds is 8. The predicted molar refractivity (Wildman–Crippen MR) is 134 cm³/mol. The molecule has 2 atom stereocenters. The van der Waals surface area contributed by atoms with E-state index in [1.54, 1.807) is 24.3 Å². The molecular formula is C28H29NO5S. The summed E-state index contributed by atoms with van der Waals surface area (Å²) in [6.07, 6.45) is 0.253. The van der Waals surface area contributed by atoms with Crippen molar-refractivity contribution in [2.45, 2.75) is 24.1 Å². The van der Waals surface area contributed by atoms with Crippen molar-refractivity contribution in [1.82, 2.24) is 4.90 Å². The van der Waals surface area contributed by atoms with Gasteiger partial charge in [0.05, 0.1) is 24.5 Å². The number of benzene rings is 3. The molecule has 3 aromatic carbocycles. The number of esters is 1. The van der Waals surface area contributed by atoms with Crippen LogP contribution in [0, 0.1) is 5.92 Å². The molecule has 1 aliphatic heterocycles. The van der Waals surface area contributed by atoms with Crippen LogP contribution in [-0.2, 0) is 29.9 Å². The van der Waals surface area contributed by atoms with E-state index in [2.05, 4.69) is 0 Å². The lowest BCUT2D eigenvalue weighted by molar-refractivity contribution is -0.151. The van der Waals surface area contributed by atoms with E-state index in [9.17, 15) is 18.0 Å². The minimum Gasteiger partial charge on any atom is -0.467 e. The molecule has 1 heterocycles. The molecule has 3 aromatic rings. The summed E-state index contributed by atoms with van der Waals surface area (Å²) in [5, 5.41) is 0. The molecule has 182 valence electrons. The predicted octanol–water partition coefficient (Wildman–Crippen LogP) is 3.82. The van der Waals surface area contributed by atoms with Crippen molar-refractivity contribution in [3.05, 3.63) is 108 Å². The smallest absolute Gasteiger partial charge is 0.328 e. The van der Waals surface area contributed by atoms with Gasteiger partial charge in [-0.2, -0.15) is 0 Å². The molecular weight excluding hydrogens is 462 g/mol. The molecule has 0 N–H and O–H groups in total. The minimum absolute atomic E-state index is 0.0716. The van der Waals surface area contributed by atoms with Gasteiger partial charge in [0.2, 0.25) is 5.91 Å². The van der Waals surface area contributed by atoms with Gasteiger partial charge in [-0.1, -0.05) is 91.0 Å². The maximum absolute atomic E-state index is 13.9. The van der Waals surface area contributed by atoms with Crippen LogP contribution in [0.4, 0.5) is 0 Å². The van der Waals surface area contributed by atoms with Crippen molar-refractivity contribution >= 4 is 21.7 Å². The summed E-state index contributed by atoms with van der Waals surface area (Å²) < 4.78 is 30.9. The Morgan fingerprint density at radius 1 is 0.886 bits per heavy atom. The average Bonchev–Trinajstić information content (AvgIpc) is 3.28. The Balaban J connectivity index is 1.60. The van der Waals surface area contributed by atoms with Crippen molar-refractivity contribution in [2.75, 3.05) is 19.4 Å². The first kappa shape index (κ1) is 24.7. The van der Waals surface area contributed by atoms with E-state index in [0.29, 0.717) is 0 Å². The summed E-state index contributed by atoms with van der Waals surface area (Å²) in [5.41, 5.74) is 2.34. The molecule has 4 rings (SSSR count). The first-order valence-electron chi connectivity index (χ1n) is 11.6. The van der Waals surface area contributed by atoms with Crippen LogP contribution in [0.2, 0.25) is 0 Å². The molecule has 1 saturated heterocycles. The number of likely N-dealkylation sites (tertiary alicyclic amines) is 1. The van der Waals surface area contributed by atoms with Crippen LogP contribution in [0.1, 0.15) is 29.0 Å². The summed E-state index contributed by atoms with van der Waals surface area (Å²) in [4.78, 5) is 28.1. The fraction of sp³-hybridized carbons (Fsp3) is 0.286. The van der Waals surface area contributed by atoms with Gasteiger partial charge < -0.3 is 9.64 Å². The third-order valence-corrected chi connectivity index (χ3v) is 8.13. The van der Waals surface area contributed by atoms with Crippen molar-refractivity contribution in [3.8, 4) is 0 Å². The minimum atomic E-state index is -3.44. The molecule has 0 saturated carbocycles. The lowest BCUT2D eigenvalue weighted by Gasteiger charge is -2.28. The number of carbonyl (C=O) groups excluding carboxylic acids is 2. The fourth-order valence-electron chi connectivity index (χ4n) is 4.83. The quantitative estimate of drug-likeness (QED) is 0.448. The second-order valence-corrected chi connectivity index (χ2v) is 11.0. The van der Waals surface area contributed by atoms with Gasteiger partial charge in [0.15, 0.2) is 9.84 Å². The summed E-state index contributed by atoms with van der Waals surface area (Å²) in [5.74, 6) is -1.90. The van der Waals surface area contributed by atoms with E-state index in [0.717, 1.165) is 16.7 Å². The Labute approximate surface area is 206 Å². The van der Waals surface area contributed by atoms with Crippen molar-refractivity contribution in [2.24, 2.45) is 5.92 Å². The largest absolute Gasteiger partial charge is 0.467 e. The van der Waals surface area contributed by atoms with Crippen LogP contribution in [0.5, 0.6) is 0 Å². The zero-order chi connectivity index (χ0) is 24.8. The second-order valence-electron chi connectivity index (χ2n) is 8.93. The summed E-state index contributed by atoms with van der Waals surface area (Å²) in [6, 6.07) is 27.0. The van der Waals surface area contributed by atoms with E-state index in [-0.39, 0.29) is 36.3 Å². The Kier molecular flexibility index (Phi) is 7.66. The first-order valence-corrected chi connectivity index (χ1v) is 13.4. The van der Waals surface area contributed by atoms with Gasteiger partial charge in [-0.15, -0.1) is 0 Å². The number of carbonyl (C=O) groups is 2. The number of amides is 1. The van der Waals surface area contributed by atoms with Crippen LogP contribution < -0.4 is 0 Å². The zero-order valence-corrected chi connectivity index (χ0v) is 20.4. The Morgan fingerprint density at radius 2 is 1.40 bits per heavy atom. The molecule has 1 fully saturated rings. The lowest BCUT2D eigenvalue weighted by Crippen LogP contribution is -2.43. The van der Waals surface area contributed by atoms with Crippen molar-refractivity contribution < 1.29 is 22.7 Å². The van der Waals surface area contributed by atoms with Crippen LogP contribution >= 0.6 is 0 Å². The van der Waals surface area contributed by atoms with E-state index < -0.39 is 27.8 Å². The molecule has 1 aliphatic rings. The second kappa shape index (κ2) is 10.9. The van der Waals surface area contributed by atoms with E-state index >= 15 is 0 Å². The molecule has 0 radical (unpaired) electrons. The summed E-state index contributed by atoms with van der Waals surface area (Å²) >= 11 is 0. The number of methoxy groups -OCH3 is 1. The molecule has 0 bridgehead atoms. The molecule has 35 heavy (non-hydrogen) atoms. The summed E-state index contributed by atoms with van der Waals surface area (Å²) in [6.45, 7) is 0.183. The fourth-order valence-corrected chi connectivity index (χ4v) is 6.61. The highest BCUT2D eigenvalue weighted by molar-refractivity contribution is 7.90. The highest BCUT2D eigenvalue weighted by Gasteiger charge is 2.44. The van der Waals surface area contributed by atoms with Gasteiger partial charge in [-0.25, -0.2) is 13.2 Å². The Morgan fingerprint density at radius 3 is 1.91 bits per heavy atom. The van der Waals surface area contributed by atoms with Gasteiger partial charge in [0.25, 0.3) is 0 Å². The normalized spacial score (nSPS) is 17.9. The van der Waals surface area contributed by atoms with Crippen molar-refractivity contribution in [1.29, 1.82) is 0 Å². The topological polar surface area (TPSA) is 80.8 Å². The Hall–Kier alpha value is -3.45. The van der Waals surface area contributed by atoms with E-state index in [1.807, 2.05) is 66.7 Å². The maximum Gasteiger partial charge on any atom is 0.328 e. The van der Waals surface area contributed by atoms with Gasteiger partial charge in [-0.05, 0) is 29.0 Å². The standard InChI is InChI=1S/C28H29NO5S/c1-34-28(31)25-17-22(20-35(32,33)19-21-11-5-2-6-12-21)18-29(25)27(30)26(23-13-7-3-8-14-23)24-15-9-4-10-16-24/h2-16,22,25-26H,17-20H2,1H3/t22?,25-/m0/s1. The van der Waals surface area contributed by atoms with Crippen molar-refractivity contribution in [3.63, 3.8) is 0 Å². The van der Waals surface area contributed by atoms with Gasteiger partial charge in [0.1, 0.15) is 6.04 Å². The van der Waals surface area contributed by atoms with Gasteiger partial charge >= 0.3 is 5.97 Å². The lowest BCUT2D eigenvalue weighted by atomic mass is 9.90. The third-order valence-electron chi connectivity index (χ3n) is 6.38. The number of hydrogen-bond acceptors (Lipinski definition) is 5. The zero-order valence-electron chi connectivity index (χ0n) is 19.6. The number of hydrogen-bond donors (Lipinski definition) is 0. The van der Waals surface area contributed by atoms with Gasteiger partial charge in [0, 0.05) is 6.54 Å². The van der Waals surface area contributed by atoms with Crippen LogP contribution in [0.25, 0.3) is 0 Å². The molecule has 1 amide bonds. The SMILES string of the molecule is COC(=O)[C@@H]1CC(CS(=O)(=O)Cc2ccccc2)CN1C(=O)C(c1ccccc1)c1ccccc1. The van der Waals surface area contributed by atoms with Crippen LogP contribution in [-0.4, -0.2) is 50.6 Å². The monoisotopic (exact) mass is 491 g/mol. The van der Waals surface area contributed by atoms with Gasteiger partial charge in [-0.3, -0.25) is 4.79 Å². The molecule has 7 heteroatoms. The van der Waals surface area contributed by atoms with Crippen LogP contribution in [0.3, 0.4) is 0 Å². The number of ether oxygens (including phenoxy) is 1. The molecule has 0 aliphatic carbocycles. The average molecular weight is 492 g/mol.